The third kappa shape index (κ3) is 7.61. The molecule has 1 aliphatic rings. The molecule has 0 aliphatic carbocycles. The van der Waals surface area contributed by atoms with Gasteiger partial charge in [-0.15, -0.1) is 0 Å². The van der Waals surface area contributed by atoms with Gasteiger partial charge in [-0.05, 0) is 44.2 Å². The van der Waals surface area contributed by atoms with Crippen LogP contribution in [0.3, 0.4) is 0 Å². The van der Waals surface area contributed by atoms with E-state index in [1.54, 1.807) is 6.92 Å². The highest BCUT2D eigenvalue weighted by molar-refractivity contribution is 5.97. The Morgan fingerprint density at radius 3 is 2.56 bits per heavy atom. The number of ether oxygens (including phenoxy) is 1. The van der Waals surface area contributed by atoms with Gasteiger partial charge in [-0.3, -0.25) is 4.79 Å². The van der Waals surface area contributed by atoms with Crippen LogP contribution in [-0.4, -0.2) is 81.9 Å². The maximum Gasteiger partial charge on any atom is 0.416 e. The predicted octanol–water partition coefficient (Wildman–Crippen LogP) is 3.22. The van der Waals surface area contributed by atoms with E-state index in [-0.39, 0.29) is 42.7 Å². The van der Waals surface area contributed by atoms with Crippen LogP contribution >= 0.6 is 0 Å². The minimum Gasteiger partial charge on any atom is -0.472 e. The summed E-state index contributed by atoms with van der Waals surface area (Å²) in [6, 6.07) is 4.52. The van der Waals surface area contributed by atoms with Crippen molar-refractivity contribution in [1.29, 1.82) is 0 Å². The molecule has 9 nitrogen and oxygen atoms in total. The van der Waals surface area contributed by atoms with Crippen LogP contribution in [0.5, 0.6) is 5.88 Å². The van der Waals surface area contributed by atoms with Crippen LogP contribution in [0.25, 0.3) is 0 Å². The van der Waals surface area contributed by atoms with Gasteiger partial charge in [0, 0.05) is 37.0 Å². The number of anilines is 1. The molecule has 4 atom stereocenters. The zero-order chi connectivity index (χ0) is 28.9. The number of nitrogens with one attached hydrogen (secondary N) is 1. The Kier molecular flexibility index (Phi) is 9.42. The highest BCUT2D eigenvalue weighted by atomic mass is 19.4. The standard InChI is InChI=1S/C27H31F3N4O5/c1-16-13-34(17(2)15-35)25(37)22-11-19(6-5-18(3)36)12-31-24(22)39-23(16)14-33(4)26(38)32-21-9-7-20(8-10-21)27(28,29)30/h7-12,16-18,23,35-36H,13-15H2,1-4H3,(H,32,38)/t16-,17-,18+,23-/m1/s1. The number of amides is 3. The van der Waals surface area contributed by atoms with Gasteiger partial charge in [-0.2, -0.15) is 13.2 Å². The van der Waals surface area contributed by atoms with Crippen LogP contribution in [0.15, 0.2) is 36.5 Å². The summed E-state index contributed by atoms with van der Waals surface area (Å²) in [7, 11) is 1.51. The number of halogens is 3. The quantitative estimate of drug-likeness (QED) is 0.495. The minimum atomic E-state index is -4.48. The molecule has 2 aromatic rings. The highest BCUT2D eigenvalue weighted by Crippen LogP contribution is 2.30. The van der Waals surface area contributed by atoms with Crippen molar-refractivity contribution in [3.05, 3.63) is 53.2 Å². The number of carbonyl (C=O) groups excluding carboxylic acids is 2. The average Bonchev–Trinajstić information content (AvgIpc) is 2.88. The fourth-order valence-corrected chi connectivity index (χ4v) is 3.89. The molecule has 0 spiro atoms. The molecule has 210 valence electrons. The lowest BCUT2D eigenvalue weighted by atomic mass is 10.00. The topological polar surface area (TPSA) is 115 Å². The van der Waals surface area contributed by atoms with Gasteiger partial charge < -0.3 is 30.1 Å². The van der Waals surface area contributed by atoms with Crippen LogP contribution in [-0.2, 0) is 6.18 Å². The van der Waals surface area contributed by atoms with Crippen molar-refractivity contribution >= 4 is 17.6 Å². The molecule has 1 aromatic carbocycles. The molecule has 12 heteroatoms. The second-order valence-corrected chi connectivity index (χ2v) is 9.53. The summed E-state index contributed by atoms with van der Waals surface area (Å²) in [6.45, 7) is 5.05. The second-order valence-electron chi connectivity index (χ2n) is 9.53. The third-order valence-electron chi connectivity index (χ3n) is 6.21. The molecule has 0 radical (unpaired) electrons. The van der Waals surface area contributed by atoms with Crippen molar-refractivity contribution in [2.75, 3.05) is 32.1 Å². The van der Waals surface area contributed by atoms with E-state index in [0.29, 0.717) is 5.56 Å². The van der Waals surface area contributed by atoms with Crippen molar-refractivity contribution in [3.63, 3.8) is 0 Å². The third-order valence-corrected chi connectivity index (χ3v) is 6.21. The molecular weight excluding hydrogens is 517 g/mol. The van der Waals surface area contributed by atoms with E-state index < -0.39 is 41.9 Å². The number of hydrogen-bond donors (Lipinski definition) is 3. The van der Waals surface area contributed by atoms with Gasteiger partial charge in [-0.1, -0.05) is 18.8 Å². The lowest BCUT2D eigenvalue weighted by Crippen LogP contribution is -2.50. The fraction of sp³-hybridized carbons (Fsp3) is 0.444. The van der Waals surface area contributed by atoms with Crippen molar-refractivity contribution in [2.24, 2.45) is 5.92 Å². The number of urea groups is 1. The molecule has 1 aromatic heterocycles. The number of hydrogen-bond acceptors (Lipinski definition) is 6. The van der Waals surface area contributed by atoms with Crippen LogP contribution in [0.1, 0.15) is 42.3 Å². The van der Waals surface area contributed by atoms with Gasteiger partial charge >= 0.3 is 12.2 Å². The summed E-state index contributed by atoms with van der Waals surface area (Å²) in [4.78, 5) is 33.3. The summed E-state index contributed by atoms with van der Waals surface area (Å²) in [5.41, 5.74) is -0.117. The molecule has 0 saturated heterocycles. The summed E-state index contributed by atoms with van der Waals surface area (Å²) in [6.07, 6.45) is -4.58. The van der Waals surface area contributed by atoms with Gasteiger partial charge in [0.2, 0.25) is 5.88 Å². The highest BCUT2D eigenvalue weighted by Gasteiger charge is 2.35. The van der Waals surface area contributed by atoms with E-state index in [4.69, 9.17) is 4.74 Å². The number of nitrogens with zero attached hydrogens (tertiary/aromatic N) is 3. The molecule has 39 heavy (non-hydrogen) atoms. The van der Waals surface area contributed by atoms with Crippen LogP contribution in [0.2, 0.25) is 0 Å². The fourth-order valence-electron chi connectivity index (χ4n) is 3.89. The number of alkyl halides is 3. The number of pyridine rings is 1. The Labute approximate surface area is 224 Å². The van der Waals surface area contributed by atoms with Gasteiger partial charge in [0.1, 0.15) is 17.8 Å². The molecule has 0 saturated carbocycles. The lowest BCUT2D eigenvalue weighted by molar-refractivity contribution is -0.137. The Morgan fingerprint density at radius 2 is 1.97 bits per heavy atom. The maximum absolute atomic E-state index is 13.4. The normalized spacial score (nSPS) is 18.9. The molecule has 3 amide bonds. The average molecular weight is 549 g/mol. The smallest absolute Gasteiger partial charge is 0.416 e. The molecular formula is C27H31F3N4O5. The first-order chi connectivity index (χ1) is 18.3. The molecule has 2 heterocycles. The summed E-state index contributed by atoms with van der Waals surface area (Å²) in [5.74, 6) is 4.68. The molecule has 3 rings (SSSR count). The Morgan fingerprint density at radius 1 is 1.31 bits per heavy atom. The molecule has 1 aliphatic heterocycles. The monoisotopic (exact) mass is 548 g/mol. The van der Waals surface area contributed by atoms with E-state index in [9.17, 15) is 33.0 Å². The Bertz CT molecular complexity index is 1240. The Balaban J connectivity index is 1.84. The maximum atomic E-state index is 13.4. The van der Waals surface area contributed by atoms with Crippen molar-refractivity contribution in [1.82, 2.24) is 14.8 Å². The SMILES string of the molecule is C[C@H](O)C#Cc1cnc2c(c1)C(=O)N([C@H](C)CO)C[C@@H](C)[C@@H](CN(C)C(=O)Nc1ccc(C(F)(F)F)cc1)O2. The Hall–Kier alpha value is -3.82. The zero-order valence-corrected chi connectivity index (χ0v) is 22.0. The van der Waals surface area contributed by atoms with E-state index in [1.165, 1.54) is 48.2 Å². The largest absolute Gasteiger partial charge is 0.472 e. The summed E-state index contributed by atoms with van der Waals surface area (Å²) >= 11 is 0. The van der Waals surface area contributed by atoms with E-state index >= 15 is 0 Å². The van der Waals surface area contributed by atoms with Gasteiger partial charge in [0.25, 0.3) is 5.91 Å². The van der Waals surface area contributed by atoms with Crippen LogP contribution in [0.4, 0.5) is 23.7 Å². The van der Waals surface area contributed by atoms with Gasteiger partial charge in [-0.25, -0.2) is 9.78 Å². The molecule has 0 fully saturated rings. The summed E-state index contributed by atoms with van der Waals surface area (Å²) in [5, 5.41) is 21.8. The summed E-state index contributed by atoms with van der Waals surface area (Å²) < 4.78 is 44.6. The van der Waals surface area contributed by atoms with Crippen molar-refractivity contribution < 1.29 is 37.7 Å². The number of likely N-dealkylation sites (N-methyl/N-ethyl adjacent to an activating group) is 1. The molecule has 0 unspecified atom stereocenters. The van der Waals surface area contributed by atoms with E-state index in [2.05, 4.69) is 22.1 Å². The van der Waals surface area contributed by atoms with Gasteiger partial charge in [0.05, 0.1) is 24.8 Å². The molecule has 0 bridgehead atoms. The number of carbonyl (C=O) groups is 2. The van der Waals surface area contributed by atoms with Crippen LogP contribution < -0.4 is 10.1 Å². The van der Waals surface area contributed by atoms with Crippen LogP contribution in [0, 0.1) is 17.8 Å². The number of rotatable bonds is 5. The zero-order valence-electron chi connectivity index (χ0n) is 22.0. The first kappa shape index (κ1) is 29.7. The minimum absolute atomic E-state index is 0.0332. The van der Waals surface area contributed by atoms with E-state index in [0.717, 1.165) is 12.1 Å². The number of fused-ring (bicyclic) bond motifs is 1. The second kappa shape index (κ2) is 12.4. The number of aromatic nitrogens is 1. The first-order valence-corrected chi connectivity index (χ1v) is 12.3. The first-order valence-electron chi connectivity index (χ1n) is 12.3. The number of aliphatic hydroxyl groups is 2. The number of benzene rings is 1. The lowest BCUT2D eigenvalue weighted by Gasteiger charge is -2.37. The van der Waals surface area contributed by atoms with E-state index in [1.807, 2.05) is 6.92 Å². The van der Waals surface area contributed by atoms with Gasteiger partial charge in [0.15, 0.2) is 0 Å². The number of aliphatic hydroxyl groups excluding tert-OH is 2. The van der Waals surface area contributed by atoms with Crippen molar-refractivity contribution in [3.8, 4) is 17.7 Å². The molecule has 3 N–H and O–H groups in total. The van der Waals surface area contributed by atoms with Crippen molar-refractivity contribution in [2.45, 2.75) is 45.2 Å². The predicted molar refractivity (Wildman–Crippen MR) is 137 cm³/mol.